The number of nitrogens with zero attached hydrogens (tertiary/aromatic N) is 3. The van der Waals surface area contributed by atoms with Gasteiger partial charge >= 0.3 is 0 Å². The van der Waals surface area contributed by atoms with Crippen LogP contribution in [-0.4, -0.2) is 21.2 Å². The van der Waals surface area contributed by atoms with Crippen LogP contribution in [0.2, 0.25) is 0 Å². The summed E-state index contributed by atoms with van der Waals surface area (Å²) in [5, 5.41) is 12.3. The molecule has 0 fully saturated rings. The van der Waals surface area contributed by atoms with Gasteiger partial charge in [0, 0.05) is 31.7 Å². The van der Waals surface area contributed by atoms with Gasteiger partial charge in [0.1, 0.15) is 0 Å². The number of aromatic nitrogens is 2. The third-order valence-corrected chi connectivity index (χ3v) is 4.59. The Morgan fingerprint density at radius 1 is 1.38 bits per heavy atom. The molecule has 1 aliphatic rings. The first-order valence-corrected chi connectivity index (χ1v) is 8.60. The summed E-state index contributed by atoms with van der Waals surface area (Å²) in [5.41, 5.74) is 4.55. The summed E-state index contributed by atoms with van der Waals surface area (Å²) in [6, 6.07) is 9.79. The zero-order chi connectivity index (χ0) is 18.5. The summed E-state index contributed by atoms with van der Waals surface area (Å²) in [6.07, 6.45) is 6.10. The predicted octanol–water partition coefficient (Wildman–Crippen LogP) is 2.90. The number of benzene rings is 1. The number of nitriles is 1. The van der Waals surface area contributed by atoms with E-state index in [1.807, 2.05) is 24.3 Å². The molecular weight excluding hydrogens is 324 g/mol. The Kier molecular flexibility index (Phi) is 5.35. The molecule has 26 heavy (non-hydrogen) atoms. The predicted molar refractivity (Wildman–Crippen MR) is 103 cm³/mol. The number of rotatable bonds is 6. The van der Waals surface area contributed by atoms with Crippen LogP contribution < -0.4 is 5.56 Å². The Morgan fingerprint density at radius 2 is 2.23 bits per heavy atom. The lowest BCUT2D eigenvalue weighted by molar-refractivity contribution is 0.244. The standard InChI is InChI=1S/C21H22N4O/c1-3-6-16(4-2)14-25-21(26)19-15-24(10-9-20(19)23-25)13-18-8-5-7-17(11-18)12-22/h3-8,11,23H,1-2,9-10,13-15H2/b16-6+. The fraction of sp³-hybridized carbons (Fsp3) is 0.238. The molecule has 0 bridgehead atoms. The zero-order valence-electron chi connectivity index (χ0n) is 14.7. The lowest BCUT2D eigenvalue weighted by Gasteiger charge is -2.25. The van der Waals surface area contributed by atoms with Gasteiger partial charge in [-0.1, -0.05) is 43.5 Å². The largest absolute Gasteiger partial charge is 0.299 e. The van der Waals surface area contributed by atoms with E-state index in [-0.39, 0.29) is 5.56 Å². The van der Waals surface area contributed by atoms with Crippen LogP contribution in [0, 0.1) is 11.3 Å². The monoisotopic (exact) mass is 346 g/mol. The van der Waals surface area contributed by atoms with E-state index in [0.29, 0.717) is 18.7 Å². The molecule has 0 radical (unpaired) electrons. The van der Waals surface area contributed by atoms with Crippen LogP contribution in [0.5, 0.6) is 0 Å². The quantitative estimate of drug-likeness (QED) is 0.818. The van der Waals surface area contributed by atoms with Gasteiger partial charge < -0.3 is 0 Å². The molecular formula is C21H22N4O. The van der Waals surface area contributed by atoms with E-state index < -0.39 is 0 Å². The van der Waals surface area contributed by atoms with Gasteiger partial charge in [-0.15, -0.1) is 0 Å². The van der Waals surface area contributed by atoms with Crippen molar-refractivity contribution in [2.45, 2.75) is 26.1 Å². The summed E-state index contributed by atoms with van der Waals surface area (Å²) in [5.74, 6) is 0. The van der Waals surface area contributed by atoms with Crippen molar-refractivity contribution in [3.8, 4) is 6.07 Å². The van der Waals surface area contributed by atoms with Gasteiger partial charge in [0.05, 0.1) is 23.7 Å². The van der Waals surface area contributed by atoms with Crippen LogP contribution in [0.3, 0.4) is 0 Å². The highest BCUT2D eigenvalue weighted by Crippen LogP contribution is 2.17. The fourth-order valence-electron chi connectivity index (χ4n) is 3.28. The molecule has 5 nitrogen and oxygen atoms in total. The average Bonchev–Trinajstić information content (AvgIpc) is 2.97. The molecule has 0 atom stereocenters. The maximum atomic E-state index is 12.7. The van der Waals surface area contributed by atoms with Gasteiger partial charge in [-0.05, 0) is 23.3 Å². The Morgan fingerprint density at radius 3 is 2.96 bits per heavy atom. The number of aromatic amines is 1. The molecule has 1 N–H and O–H groups in total. The molecule has 5 heteroatoms. The average molecular weight is 346 g/mol. The number of H-pyrrole nitrogens is 1. The minimum atomic E-state index is 0.0206. The van der Waals surface area contributed by atoms with Crippen molar-refractivity contribution >= 4 is 0 Å². The highest BCUT2D eigenvalue weighted by Gasteiger charge is 2.22. The molecule has 1 aromatic carbocycles. The molecule has 3 rings (SSSR count). The summed E-state index contributed by atoms with van der Waals surface area (Å²) in [7, 11) is 0. The Hall–Kier alpha value is -3.10. The first kappa shape index (κ1) is 17.7. The first-order chi connectivity index (χ1) is 12.6. The maximum Gasteiger partial charge on any atom is 0.271 e. The van der Waals surface area contributed by atoms with Crippen LogP contribution in [0.25, 0.3) is 0 Å². The fourth-order valence-corrected chi connectivity index (χ4v) is 3.28. The van der Waals surface area contributed by atoms with Gasteiger partial charge in [0.2, 0.25) is 0 Å². The second-order valence-corrected chi connectivity index (χ2v) is 6.41. The molecule has 0 saturated carbocycles. The second kappa shape index (κ2) is 7.85. The van der Waals surface area contributed by atoms with Crippen LogP contribution in [-0.2, 0) is 26.1 Å². The summed E-state index contributed by atoms with van der Waals surface area (Å²) < 4.78 is 1.64. The van der Waals surface area contributed by atoms with Crippen LogP contribution in [0.15, 0.2) is 66.0 Å². The lowest BCUT2D eigenvalue weighted by Crippen LogP contribution is -2.32. The smallest absolute Gasteiger partial charge is 0.271 e. The van der Waals surface area contributed by atoms with Crippen molar-refractivity contribution in [3.05, 3.63) is 94.0 Å². The molecule has 0 unspecified atom stereocenters. The third-order valence-electron chi connectivity index (χ3n) is 4.59. The van der Waals surface area contributed by atoms with E-state index in [1.54, 1.807) is 22.9 Å². The van der Waals surface area contributed by atoms with E-state index in [9.17, 15) is 4.79 Å². The van der Waals surface area contributed by atoms with Crippen LogP contribution >= 0.6 is 0 Å². The summed E-state index contributed by atoms with van der Waals surface area (Å²) in [6.45, 7) is 10.2. The number of fused-ring (bicyclic) bond motifs is 1. The van der Waals surface area contributed by atoms with Crippen molar-refractivity contribution in [1.29, 1.82) is 5.26 Å². The van der Waals surface area contributed by atoms with Gasteiger partial charge in [-0.3, -0.25) is 14.8 Å². The molecule has 1 aliphatic heterocycles. The summed E-state index contributed by atoms with van der Waals surface area (Å²) >= 11 is 0. The molecule has 0 amide bonds. The molecule has 2 aromatic rings. The van der Waals surface area contributed by atoms with Crippen LogP contribution in [0.4, 0.5) is 0 Å². The van der Waals surface area contributed by atoms with E-state index in [2.05, 4.69) is 29.2 Å². The van der Waals surface area contributed by atoms with E-state index in [4.69, 9.17) is 5.26 Å². The highest BCUT2D eigenvalue weighted by atomic mass is 16.1. The SMILES string of the molecule is C=C/C=C(\C=C)Cn1[nH]c2c(c1=O)CN(Cc1cccc(C#N)c1)CC2. The van der Waals surface area contributed by atoms with Crippen molar-refractivity contribution in [2.24, 2.45) is 0 Å². The normalized spacial score (nSPS) is 14.5. The third kappa shape index (κ3) is 3.76. The number of allylic oxidation sites excluding steroid dienone is 4. The molecule has 0 spiro atoms. The Labute approximate surface area is 153 Å². The first-order valence-electron chi connectivity index (χ1n) is 8.60. The molecule has 132 valence electrons. The van der Waals surface area contributed by atoms with Crippen molar-refractivity contribution in [3.63, 3.8) is 0 Å². The van der Waals surface area contributed by atoms with E-state index in [1.165, 1.54) is 0 Å². The Bertz CT molecular complexity index is 955. The minimum Gasteiger partial charge on any atom is -0.299 e. The molecule has 0 aliphatic carbocycles. The maximum absolute atomic E-state index is 12.7. The van der Waals surface area contributed by atoms with Gasteiger partial charge in [0.15, 0.2) is 0 Å². The zero-order valence-corrected chi connectivity index (χ0v) is 14.7. The molecule has 2 heterocycles. The topological polar surface area (TPSA) is 64.8 Å². The van der Waals surface area contributed by atoms with Crippen molar-refractivity contribution in [1.82, 2.24) is 14.7 Å². The Balaban J connectivity index is 1.77. The molecule has 0 saturated heterocycles. The lowest BCUT2D eigenvalue weighted by atomic mass is 10.1. The minimum absolute atomic E-state index is 0.0206. The van der Waals surface area contributed by atoms with E-state index >= 15 is 0 Å². The number of hydrogen-bond acceptors (Lipinski definition) is 3. The van der Waals surface area contributed by atoms with Gasteiger partial charge in [-0.2, -0.15) is 5.26 Å². The number of nitrogens with one attached hydrogen (secondary N) is 1. The molecule has 1 aromatic heterocycles. The van der Waals surface area contributed by atoms with Crippen LogP contribution in [0.1, 0.15) is 22.4 Å². The highest BCUT2D eigenvalue weighted by molar-refractivity contribution is 5.33. The van der Waals surface area contributed by atoms with Crippen molar-refractivity contribution in [2.75, 3.05) is 6.54 Å². The summed E-state index contributed by atoms with van der Waals surface area (Å²) in [4.78, 5) is 15.0. The number of hydrogen-bond donors (Lipinski definition) is 1. The second-order valence-electron chi connectivity index (χ2n) is 6.41. The van der Waals surface area contributed by atoms with Gasteiger partial charge in [0.25, 0.3) is 5.56 Å². The van der Waals surface area contributed by atoms with Gasteiger partial charge in [-0.25, -0.2) is 4.68 Å². The van der Waals surface area contributed by atoms with E-state index in [0.717, 1.165) is 41.9 Å². The van der Waals surface area contributed by atoms with Crippen molar-refractivity contribution < 1.29 is 0 Å².